The van der Waals surface area contributed by atoms with Gasteiger partial charge in [0, 0.05) is 14.2 Å². The summed E-state index contributed by atoms with van der Waals surface area (Å²) >= 11 is 0. The van der Waals surface area contributed by atoms with Crippen molar-refractivity contribution in [1.29, 1.82) is 0 Å². The molecule has 0 saturated heterocycles. The highest BCUT2D eigenvalue weighted by molar-refractivity contribution is 5.20. The van der Waals surface area contributed by atoms with E-state index in [9.17, 15) is 0 Å². The molecule has 1 aromatic rings. The van der Waals surface area contributed by atoms with E-state index in [0.717, 1.165) is 5.75 Å². The van der Waals surface area contributed by atoms with Gasteiger partial charge in [-0.1, -0.05) is 18.2 Å². The molecule has 0 heterocycles. The van der Waals surface area contributed by atoms with E-state index in [0.29, 0.717) is 6.61 Å². The van der Waals surface area contributed by atoms with Gasteiger partial charge in [-0.3, -0.25) is 0 Å². The number of ether oxygens (including phenoxy) is 3. The maximum absolute atomic E-state index is 5.46. The maximum Gasteiger partial charge on any atom is 0.223 e. The second-order valence-corrected chi connectivity index (χ2v) is 2.55. The summed E-state index contributed by atoms with van der Waals surface area (Å²) in [4.78, 5) is 0. The van der Waals surface area contributed by atoms with Gasteiger partial charge in [0.15, 0.2) is 0 Å². The second-order valence-electron chi connectivity index (χ2n) is 2.55. The number of hydrogen-bond acceptors (Lipinski definition) is 3. The van der Waals surface area contributed by atoms with Crippen molar-refractivity contribution in [2.24, 2.45) is 0 Å². The molecule has 3 nitrogen and oxygen atoms in total. The third-order valence-corrected chi connectivity index (χ3v) is 1.58. The van der Waals surface area contributed by atoms with E-state index in [2.05, 4.69) is 0 Å². The van der Waals surface area contributed by atoms with Crippen LogP contribution in [-0.4, -0.2) is 27.1 Å². The van der Waals surface area contributed by atoms with Crippen molar-refractivity contribution in [3.63, 3.8) is 0 Å². The molecule has 72 valence electrons. The Morgan fingerprint density at radius 1 is 1.15 bits per heavy atom. The number of benzene rings is 1. The van der Waals surface area contributed by atoms with Crippen LogP contribution in [0.4, 0.5) is 0 Å². The molecule has 13 heavy (non-hydrogen) atoms. The van der Waals surface area contributed by atoms with Gasteiger partial charge in [0.1, 0.15) is 12.4 Å². The van der Waals surface area contributed by atoms with E-state index in [1.807, 2.05) is 30.3 Å². The smallest absolute Gasteiger partial charge is 0.223 e. The number of hydrogen-bond donors (Lipinski definition) is 0. The molecule has 1 atom stereocenters. The molecule has 0 fully saturated rings. The fraction of sp³-hybridized carbons (Fsp3) is 0.400. The molecular formula is C10H14O3. The lowest BCUT2D eigenvalue weighted by molar-refractivity contribution is -0.0931. The fourth-order valence-corrected chi connectivity index (χ4v) is 0.937. The molecule has 0 aliphatic heterocycles. The fourth-order valence-electron chi connectivity index (χ4n) is 0.937. The Morgan fingerprint density at radius 3 is 2.38 bits per heavy atom. The molecule has 1 aromatic carbocycles. The first kappa shape index (κ1) is 10.0. The molecule has 0 aliphatic carbocycles. The van der Waals surface area contributed by atoms with Gasteiger partial charge < -0.3 is 14.2 Å². The second kappa shape index (κ2) is 5.56. The molecule has 0 spiro atoms. The highest BCUT2D eigenvalue weighted by atomic mass is 16.7. The van der Waals surface area contributed by atoms with Crippen molar-refractivity contribution in [3.05, 3.63) is 30.3 Å². The Kier molecular flexibility index (Phi) is 4.29. The van der Waals surface area contributed by atoms with Crippen LogP contribution in [0, 0.1) is 0 Å². The van der Waals surface area contributed by atoms with Crippen LogP contribution in [0.3, 0.4) is 0 Å². The minimum absolute atomic E-state index is 0.340. The summed E-state index contributed by atoms with van der Waals surface area (Å²) in [7, 11) is 3.20. The van der Waals surface area contributed by atoms with Crippen LogP contribution >= 0.6 is 0 Å². The number of rotatable bonds is 5. The van der Waals surface area contributed by atoms with E-state index in [1.165, 1.54) is 0 Å². The average Bonchev–Trinajstić information content (AvgIpc) is 2.19. The van der Waals surface area contributed by atoms with Gasteiger partial charge in [0.25, 0.3) is 0 Å². The Labute approximate surface area is 78.2 Å². The number of methoxy groups -OCH3 is 2. The van der Waals surface area contributed by atoms with E-state index >= 15 is 0 Å². The molecule has 0 bridgehead atoms. The van der Waals surface area contributed by atoms with Crippen molar-refractivity contribution in [2.75, 3.05) is 20.8 Å². The molecule has 0 radical (unpaired) electrons. The Balaban J connectivity index is 2.46. The lowest BCUT2D eigenvalue weighted by atomic mass is 10.3. The van der Waals surface area contributed by atoms with Crippen molar-refractivity contribution in [2.45, 2.75) is 6.29 Å². The summed E-state index contributed by atoms with van der Waals surface area (Å²) in [5.74, 6) is 0.784. The summed E-state index contributed by atoms with van der Waals surface area (Å²) in [5.41, 5.74) is 0. The zero-order chi connectivity index (χ0) is 9.52. The predicted molar refractivity (Wildman–Crippen MR) is 49.7 cm³/mol. The van der Waals surface area contributed by atoms with Crippen molar-refractivity contribution in [3.8, 4) is 5.75 Å². The van der Waals surface area contributed by atoms with Crippen molar-refractivity contribution < 1.29 is 14.2 Å². The van der Waals surface area contributed by atoms with E-state index in [1.54, 1.807) is 14.2 Å². The quantitative estimate of drug-likeness (QED) is 0.648. The summed E-state index contributed by atoms with van der Waals surface area (Å²) in [6.45, 7) is 0.422. The zero-order valence-corrected chi connectivity index (χ0v) is 7.90. The molecule has 0 aliphatic rings. The topological polar surface area (TPSA) is 27.7 Å². The predicted octanol–water partition coefficient (Wildman–Crippen LogP) is 1.68. The average molecular weight is 182 g/mol. The highest BCUT2D eigenvalue weighted by Crippen LogP contribution is 2.10. The standard InChI is InChI=1S/C10H14O3/c1-11-8-10(12-2)13-9-6-4-3-5-7-9/h3-7,10H,8H2,1-2H3. The molecule has 1 unspecified atom stereocenters. The highest BCUT2D eigenvalue weighted by Gasteiger charge is 2.06. The van der Waals surface area contributed by atoms with Gasteiger partial charge in [0.05, 0.1) is 0 Å². The Bertz CT molecular complexity index is 223. The van der Waals surface area contributed by atoms with Gasteiger partial charge in [-0.05, 0) is 12.1 Å². The summed E-state index contributed by atoms with van der Waals surface area (Å²) in [6, 6.07) is 9.51. The minimum Gasteiger partial charge on any atom is -0.462 e. The maximum atomic E-state index is 5.46. The lowest BCUT2D eigenvalue weighted by Crippen LogP contribution is -2.24. The molecule has 1 rings (SSSR count). The van der Waals surface area contributed by atoms with Gasteiger partial charge in [-0.25, -0.2) is 0 Å². The van der Waals surface area contributed by atoms with E-state index in [-0.39, 0.29) is 6.29 Å². The molecule has 0 saturated carbocycles. The molecule has 0 N–H and O–H groups in total. The summed E-state index contributed by atoms with van der Waals surface area (Å²) < 4.78 is 15.4. The first-order chi connectivity index (χ1) is 6.36. The molecule has 3 heteroatoms. The first-order valence-corrected chi connectivity index (χ1v) is 4.10. The van der Waals surface area contributed by atoms with Crippen molar-refractivity contribution >= 4 is 0 Å². The van der Waals surface area contributed by atoms with Crippen LogP contribution in [0.25, 0.3) is 0 Å². The van der Waals surface area contributed by atoms with Gasteiger partial charge >= 0.3 is 0 Å². The van der Waals surface area contributed by atoms with Crippen LogP contribution in [0.15, 0.2) is 30.3 Å². The van der Waals surface area contributed by atoms with E-state index in [4.69, 9.17) is 14.2 Å². The monoisotopic (exact) mass is 182 g/mol. The summed E-state index contributed by atoms with van der Waals surface area (Å²) in [5, 5.41) is 0. The van der Waals surface area contributed by atoms with Crippen LogP contribution in [0.2, 0.25) is 0 Å². The van der Waals surface area contributed by atoms with Gasteiger partial charge in [0.2, 0.25) is 6.29 Å². The van der Waals surface area contributed by atoms with Crippen molar-refractivity contribution in [1.82, 2.24) is 0 Å². The SMILES string of the molecule is COCC(OC)Oc1ccccc1. The van der Waals surface area contributed by atoms with Crippen LogP contribution in [0.5, 0.6) is 5.75 Å². The van der Waals surface area contributed by atoms with E-state index < -0.39 is 0 Å². The number of para-hydroxylation sites is 1. The zero-order valence-electron chi connectivity index (χ0n) is 7.90. The first-order valence-electron chi connectivity index (χ1n) is 4.10. The Hall–Kier alpha value is -1.06. The van der Waals surface area contributed by atoms with Gasteiger partial charge in [-0.15, -0.1) is 0 Å². The Morgan fingerprint density at radius 2 is 1.85 bits per heavy atom. The van der Waals surface area contributed by atoms with Crippen LogP contribution in [-0.2, 0) is 9.47 Å². The third kappa shape index (κ3) is 3.44. The minimum atomic E-state index is -0.340. The normalized spacial score (nSPS) is 12.5. The molecule has 0 amide bonds. The van der Waals surface area contributed by atoms with Crippen LogP contribution in [0.1, 0.15) is 0 Å². The largest absolute Gasteiger partial charge is 0.462 e. The molecular weight excluding hydrogens is 168 g/mol. The third-order valence-electron chi connectivity index (χ3n) is 1.58. The van der Waals surface area contributed by atoms with Gasteiger partial charge in [-0.2, -0.15) is 0 Å². The summed E-state index contributed by atoms with van der Waals surface area (Å²) in [6.07, 6.45) is -0.340. The lowest BCUT2D eigenvalue weighted by Gasteiger charge is -2.16. The molecule has 0 aromatic heterocycles. The van der Waals surface area contributed by atoms with Crippen LogP contribution < -0.4 is 4.74 Å².